The van der Waals surface area contributed by atoms with Crippen molar-refractivity contribution in [3.8, 4) is 0 Å². The predicted molar refractivity (Wildman–Crippen MR) is 88.8 cm³/mol. The molecule has 0 spiro atoms. The van der Waals surface area contributed by atoms with Crippen LogP contribution in [0.4, 0.5) is 5.69 Å². The highest BCUT2D eigenvalue weighted by molar-refractivity contribution is 7.99. The van der Waals surface area contributed by atoms with Gasteiger partial charge in [0.2, 0.25) is 0 Å². The molecular weight excluding hydrogens is 280 g/mol. The third-order valence-electron chi connectivity index (χ3n) is 3.67. The molecule has 0 aliphatic carbocycles. The Morgan fingerprint density at radius 2 is 1.81 bits per heavy atom. The lowest BCUT2D eigenvalue weighted by molar-refractivity contribution is 0.318. The summed E-state index contributed by atoms with van der Waals surface area (Å²) in [6, 6.07) is 18.6. The van der Waals surface area contributed by atoms with E-state index in [-0.39, 0.29) is 0 Å². The van der Waals surface area contributed by atoms with Gasteiger partial charge in [-0.2, -0.15) is 0 Å². The van der Waals surface area contributed by atoms with Crippen molar-refractivity contribution in [1.29, 1.82) is 0 Å². The van der Waals surface area contributed by atoms with E-state index < -0.39 is 0 Å². The number of rotatable bonds is 4. The van der Waals surface area contributed by atoms with Gasteiger partial charge in [-0.3, -0.25) is 0 Å². The van der Waals surface area contributed by atoms with E-state index >= 15 is 0 Å². The van der Waals surface area contributed by atoms with Crippen molar-refractivity contribution in [3.63, 3.8) is 0 Å². The molecule has 0 unspecified atom stereocenters. The van der Waals surface area contributed by atoms with Crippen LogP contribution in [0.5, 0.6) is 0 Å². The van der Waals surface area contributed by atoms with Crippen LogP contribution in [0.1, 0.15) is 12.0 Å². The van der Waals surface area contributed by atoms with Gasteiger partial charge in [0.15, 0.2) is 0 Å². The number of benzene rings is 2. The van der Waals surface area contributed by atoms with Crippen LogP contribution in [-0.4, -0.2) is 29.8 Å². The molecule has 1 heterocycles. The zero-order chi connectivity index (χ0) is 14.5. The largest absolute Gasteiger partial charge is 0.411 e. The standard InChI is InChI=1S/C17H18N2OS/c20-18-16-10-11-19(17-9-5-4-8-15(16)17)12-13-21-14-6-2-1-3-7-14/h1-9,20H,10-13H2. The van der Waals surface area contributed by atoms with Crippen LogP contribution < -0.4 is 4.90 Å². The van der Waals surface area contributed by atoms with E-state index in [2.05, 4.69) is 40.4 Å². The van der Waals surface area contributed by atoms with Gasteiger partial charge in [0, 0.05) is 41.4 Å². The van der Waals surface area contributed by atoms with E-state index in [0.29, 0.717) is 0 Å². The maximum Gasteiger partial charge on any atom is 0.0906 e. The van der Waals surface area contributed by atoms with Gasteiger partial charge in [-0.15, -0.1) is 11.8 Å². The Bertz CT molecular complexity index is 628. The van der Waals surface area contributed by atoms with Crippen molar-refractivity contribution in [3.05, 3.63) is 60.2 Å². The molecular formula is C17H18N2OS. The molecule has 0 aromatic heterocycles. The van der Waals surface area contributed by atoms with Crippen molar-refractivity contribution in [2.45, 2.75) is 11.3 Å². The minimum absolute atomic E-state index is 0.789. The molecule has 108 valence electrons. The first-order chi connectivity index (χ1) is 10.4. The maximum atomic E-state index is 9.11. The number of para-hydroxylation sites is 1. The molecule has 2 aromatic carbocycles. The summed E-state index contributed by atoms with van der Waals surface area (Å²) in [5, 5.41) is 12.6. The number of hydrogen-bond donors (Lipinski definition) is 1. The fourth-order valence-corrected chi connectivity index (χ4v) is 3.51. The average Bonchev–Trinajstić information content (AvgIpc) is 2.56. The number of thioether (sulfide) groups is 1. The van der Waals surface area contributed by atoms with Crippen LogP contribution in [0.25, 0.3) is 0 Å². The van der Waals surface area contributed by atoms with Crippen LogP contribution in [0.3, 0.4) is 0 Å². The fourth-order valence-electron chi connectivity index (χ4n) is 2.62. The molecule has 1 aliphatic heterocycles. The van der Waals surface area contributed by atoms with E-state index in [1.54, 1.807) is 0 Å². The lowest BCUT2D eigenvalue weighted by Crippen LogP contribution is -2.34. The predicted octanol–water partition coefficient (Wildman–Crippen LogP) is 3.87. The molecule has 0 radical (unpaired) electrons. The molecule has 0 bridgehead atoms. The second-order valence-corrected chi connectivity index (χ2v) is 6.13. The van der Waals surface area contributed by atoms with Gasteiger partial charge in [-0.05, 0) is 18.2 Å². The molecule has 2 aromatic rings. The Morgan fingerprint density at radius 3 is 2.62 bits per heavy atom. The minimum atomic E-state index is 0.789. The van der Waals surface area contributed by atoms with Gasteiger partial charge in [0.25, 0.3) is 0 Å². The Hall–Kier alpha value is -1.94. The summed E-state index contributed by atoms with van der Waals surface area (Å²) < 4.78 is 0. The second-order valence-electron chi connectivity index (χ2n) is 4.96. The van der Waals surface area contributed by atoms with Crippen molar-refractivity contribution >= 4 is 23.2 Å². The van der Waals surface area contributed by atoms with Gasteiger partial charge in [-0.1, -0.05) is 41.6 Å². The normalized spacial score (nSPS) is 16.0. The third kappa shape index (κ3) is 3.22. The molecule has 1 aliphatic rings. The topological polar surface area (TPSA) is 35.8 Å². The summed E-state index contributed by atoms with van der Waals surface area (Å²) in [6.07, 6.45) is 0.795. The van der Waals surface area contributed by atoms with E-state index in [0.717, 1.165) is 36.5 Å². The lowest BCUT2D eigenvalue weighted by atomic mass is 10.00. The summed E-state index contributed by atoms with van der Waals surface area (Å²) in [5.74, 6) is 1.05. The summed E-state index contributed by atoms with van der Waals surface area (Å²) >= 11 is 1.87. The third-order valence-corrected chi connectivity index (χ3v) is 4.66. The summed E-state index contributed by atoms with van der Waals surface area (Å²) in [4.78, 5) is 3.68. The molecule has 1 N–H and O–H groups in total. The highest BCUT2D eigenvalue weighted by Crippen LogP contribution is 2.28. The van der Waals surface area contributed by atoms with E-state index in [9.17, 15) is 0 Å². The number of fused-ring (bicyclic) bond motifs is 1. The highest BCUT2D eigenvalue weighted by Gasteiger charge is 2.21. The Balaban J connectivity index is 1.67. The molecule has 0 amide bonds. The number of nitrogens with zero attached hydrogens (tertiary/aromatic N) is 2. The molecule has 21 heavy (non-hydrogen) atoms. The van der Waals surface area contributed by atoms with Gasteiger partial charge >= 0.3 is 0 Å². The van der Waals surface area contributed by atoms with Crippen LogP contribution in [0.15, 0.2) is 64.6 Å². The summed E-state index contributed by atoms with van der Waals surface area (Å²) in [7, 11) is 0. The molecule has 0 atom stereocenters. The number of oxime groups is 1. The van der Waals surface area contributed by atoms with Gasteiger partial charge < -0.3 is 10.1 Å². The zero-order valence-electron chi connectivity index (χ0n) is 11.8. The quantitative estimate of drug-likeness (QED) is 0.529. The van der Waals surface area contributed by atoms with Crippen molar-refractivity contribution in [1.82, 2.24) is 0 Å². The van der Waals surface area contributed by atoms with Crippen molar-refractivity contribution < 1.29 is 5.21 Å². The monoisotopic (exact) mass is 298 g/mol. The highest BCUT2D eigenvalue weighted by atomic mass is 32.2. The molecule has 0 saturated heterocycles. The van der Waals surface area contributed by atoms with E-state index in [1.165, 1.54) is 10.6 Å². The van der Waals surface area contributed by atoms with Crippen LogP contribution >= 0.6 is 11.8 Å². The van der Waals surface area contributed by atoms with Crippen LogP contribution in [0, 0.1) is 0 Å². The SMILES string of the molecule is ON=C1CCN(CCSc2ccccc2)c2ccccc21. The Morgan fingerprint density at radius 1 is 1.05 bits per heavy atom. The number of anilines is 1. The average molecular weight is 298 g/mol. The van der Waals surface area contributed by atoms with Gasteiger partial charge in [0.1, 0.15) is 0 Å². The first kappa shape index (κ1) is 14.0. The van der Waals surface area contributed by atoms with E-state index in [1.807, 2.05) is 36.0 Å². The van der Waals surface area contributed by atoms with E-state index in [4.69, 9.17) is 5.21 Å². The first-order valence-electron chi connectivity index (χ1n) is 7.11. The van der Waals surface area contributed by atoms with Crippen molar-refractivity contribution in [2.75, 3.05) is 23.7 Å². The number of hydrogen-bond acceptors (Lipinski definition) is 4. The minimum Gasteiger partial charge on any atom is -0.411 e. The molecule has 3 nitrogen and oxygen atoms in total. The second kappa shape index (κ2) is 6.68. The zero-order valence-corrected chi connectivity index (χ0v) is 12.6. The van der Waals surface area contributed by atoms with Crippen LogP contribution in [-0.2, 0) is 0 Å². The summed E-state index contributed by atoms with van der Waals surface area (Å²) in [6.45, 7) is 1.90. The maximum absolute atomic E-state index is 9.11. The Labute approximate surface area is 129 Å². The molecule has 3 rings (SSSR count). The fraction of sp³-hybridized carbons (Fsp3) is 0.235. The molecule has 0 fully saturated rings. The molecule has 4 heteroatoms. The first-order valence-corrected chi connectivity index (χ1v) is 8.10. The van der Waals surface area contributed by atoms with Gasteiger partial charge in [0.05, 0.1) is 5.71 Å². The smallest absolute Gasteiger partial charge is 0.0906 e. The van der Waals surface area contributed by atoms with Crippen LogP contribution in [0.2, 0.25) is 0 Å². The van der Waals surface area contributed by atoms with Gasteiger partial charge in [-0.25, -0.2) is 0 Å². The summed E-state index contributed by atoms with van der Waals surface area (Å²) in [5.41, 5.74) is 3.01. The van der Waals surface area contributed by atoms with Crippen molar-refractivity contribution in [2.24, 2.45) is 5.16 Å². The Kier molecular flexibility index (Phi) is 4.46. The molecule has 0 saturated carbocycles. The lowest BCUT2D eigenvalue weighted by Gasteiger charge is -2.31.